The Kier molecular flexibility index (Phi) is 5.15. The molecule has 7 nitrogen and oxygen atoms in total. The topological polar surface area (TPSA) is 84.9 Å². The van der Waals surface area contributed by atoms with Gasteiger partial charge in [0.05, 0.1) is 14.2 Å². The molecule has 3 rings (SSSR count). The zero-order chi connectivity index (χ0) is 18.7. The lowest BCUT2D eigenvalue weighted by atomic mass is 10.1. The molecular formula is C18H20N2O5S. The van der Waals surface area contributed by atoms with Gasteiger partial charge in [-0.25, -0.2) is 8.42 Å². The molecule has 1 unspecified atom stereocenters. The van der Waals surface area contributed by atoms with E-state index in [1.807, 2.05) is 6.07 Å². The molecule has 1 fully saturated rings. The van der Waals surface area contributed by atoms with Gasteiger partial charge in [0.2, 0.25) is 15.9 Å². The average Bonchev–Trinajstić information content (AvgIpc) is 2.67. The maximum absolute atomic E-state index is 13.3. The summed E-state index contributed by atoms with van der Waals surface area (Å²) >= 11 is 0. The second kappa shape index (κ2) is 7.35. The van der Waals surface area contributed by atoms with Crippen LogP contribution in [0.5, 0.6) is 11.5 Å². The van der Waals surface area contributed by atoms with E-state index in [1.165, 1.54) is 30.7 Å². The Hall–Kier alpha value is -2.58. The minimum absolute atomic E-state index is 0.00330. The van der Waals surface area contributed by atoms with Gasteiger partial charge in [0.1, 0.15) is 22.4 Å². The summed E-state index contributed by atoms with van der Waals surface area (Å²) in [6, 6.07) is 12.4. The zero-order valence-electron chi connectivity index (χ0n) is 14.5. The summed E-state index contributed by atoms with van der Waals surface area (Å²) in [7, 11) is -1.08. The fraction of sp³-hybridized carbons (Fsp3) is 0.278. The van der Waals surface area contributed by atoms with Crippen molar-refractivity contribution in [1.82, 2.24) is 9.62 Å². The van der Waals surface area contributed by atoms with Crippen molar-refractivity contribution in [2.24, 2.45) is 0 Å². The van der Waals surface area contributed by atoms with Gasteiger partial charge in [0, 0.05) is 19.2 Å². The number of sulfonamides is 1. The fourth-order valence-electron chi connectivity index (χ4n) is 2.97. The van der Waals surface area contributed by atoms with Gasteiger partial charge in [0.25, 0.3) is 0 Å². The monoisotopic (exact) mass is 376 g/mol. The van der Waals surface area contributed by atoms with E-state index in [0.29, 0.717) is 11.3 Å². The third-order valence-corrected chi connectivity index (χ3v) is 6.14. The Bertz CT molecular complexity index is 899. The first-order chi connectivity index (χ1) is 12.5. The largest absolute Gasteiger partial charge is 0.497 e. The van der Waals surface area contributed by atoms with Crippen molar-refractivity contribution in [2.75, 3.05) is 27.3 Å². The van der Waals surface area contributed by atoms with Crippen LogP contribution < -0.4 is 14.8 Å². The number of benzene rings is 2. The van der Waals surface area contributed by atoms with E-state index in [2.05, 4.69) is 5.32 Å². The summed E-state index contributed by atoms with van der Waals surface area (Å²) in [5.41, 5.74) is 0.612. The van der Waals surface area contributed by atoms with Crippen molar-refractivity contribution < 1.29 is 22.7 Å². The van der Waals surface area contributed by atoms with Gasteiger partial charge in [-0.15, -0.1) is 0 Å². The number of amides is 1. The number of hydrogen-bond donors (Lipinski definition) is 1. The molecule has 0 saturated carbocycles. The van der Waals surface area contributed by atoms with Crippen molar-refractivity contribution in [3.63, 3.8) is 0 Å². The molecule has 2 aromatic carbocycles. The van der Waals surface area contributed by atoms with Crippen molar-refractivity contribution in [3.8, 4) is 11.5 Å². The molecule has 0 radical (unpaired) electrons. The third kappa shape index (κ3) is 3.25. The zero-order valence-corrected chi connectivity index (χ0v) is 15.3. The number of nitrogens with one attached hydrogen (secondary N) is 1. The van der Waals surface area contributed by atoms with E-state index < -0.39 is 16.1 Å². The van der Waals surface area contributed by atoms with Crippen LogP contribution >= 0.6 is 0 Å². The Labute approximate surface area is 152 Å². The second-order valence-corrected chi connectivity index (χ2v) is 7.60. The summed E-state index contributed by atoms with van der Waals surface area (Å²) in [6.45, 7) is 0.419. The van der Waals surface area contributed by atoms with E-state index in [0.717, 1.165) is 0 Å². The molecule has 1 aliphatic heterocycles. The summed E-state index contributed by atoms with van der Waals surface area (Å²) in [4.78, 5) is 12.5. The SMILES string of the molecule is COc1ccc(S(=O)(=O)N2CCNC(=O)C2c2ccccc2)c(OC)c1. The number of ether oxygens (including phenoxy) is 2. The molecule has 0 aromatic heterocycles. The molecule has 0 spiro atoms. The van der Waals surface area contributed by atoms with Crippen LogP contribution in [0.15, 0.2) is 53.4 Å². The van der Waals surface area contributed by atoms with E-state index in [-0.39, 0.29) is 29.6 Å². The Morgan fingerprint density at radius 2 is 1.81 bits per heavy atom. The van der Waals surface area contributed by atoms with E-state index in [9.17, 15) is 13.2 Å². The average molecular weight is 376 g/mol. The Morgan fingerprint density at radius 1 is 1.08 bits per heavy atom. The molecule has 1 amide bonds. The van der Waals surface area contributed by atoms with Crippen LogP contribution in [0, 0.1) is 0 Å². The van der Waals surface area contributed by atoms with Crippen LogP contribution in [0.1, 0.15) is 11.6 Å². The summed E-state index contributed by atoms with van der Waals surface area (Å²) in [5, 5.41) is 2.73. The quantitative estimate of drug-likeness (QED) is 0.856. The van der Waals surface area contributed by atoms with Crippen LogP contribution in [0.25, 0.3) is 0 Å². The van der Waals surface area contributed by atoms with E-state index >= 15 is 0 Å². The Morgan fingerprint density at radius 3 is 2.46 bits per heavy atom. The van der Waals surface area contributed by atoms with Crippen LogP contribution in [0.4, 0.5) is 0 Å². The third-order valence-electron chi connectivity index (χ3n) is 4.24. The highest BCUT2D eigenvalue weighted by molar-refractivity contribution is 7.89. The standard InChI is InChI=1S/C18H20N2O5S/c1-24-14-8-9-16(15(12-14)25-2)26(22,23)20-11-10-19-18(21)17(20)13-6-4-3-5-7-13/h3-9,12,17H,10-11H2,1-2H3,(H,19,21). The van der Waals surface area contributed by atoms with Gasteiger partial charge in [-0.2, -0.15) is 4.31 Å². The van der Waals surface area contributed by atoms with Crippen LogP contribution in [-0.2, 0) is 14.8 Å². The number of carbonyl (C=O) groups is 1. The molecule has 1 N–H and O–H groups in total. The lowest BCUT2D eigenvalue weighted by Gasteiger charge is -2.34. The van der Waals surface area contributed by atoms with Gasteiger partial charge >= 0.3 is 0 Å². The Balaban J connectivity index is 2.08. The van der Waals surface area contributed by atoms with Crippen molar-refractivity contribution in [2.45, 2.75) is 10.9 Å². The maximum Gasteiger partial charge on any atom is 0.247 e. The molecule has 8 heteroatoms. The van der Waals surface area contributed by atoms with Crippen molar-refractivity contribution in [3.05, 3.63) is 54.1 Å². The van der Waals surface area contributed by atoms with Crippen LogP contribution in [-0.4, -0.2) is 45.9 Å². The number of rotatable bonds is 5. The molecule has 138 valence electrons. The molecule has 1 heterocycles. The normalized spacial score (nSPS) is 18.2. The van der Waals surface area contributed by atoms with Crippen LogP contribution in [0.2, 0.25) is 0 Å². The first kappa shape index (κ1) is 18.2. The number of nitrogens with zero attached hydrogens (tertiary/aromatic N) is 1. The molecule has 2 aromatic rings. The van der Waals surface area contributed by atoms with E-state index in [1.54, 1.807) is 30.3 Å². The number of methoxy groups -OCH3 is 2. The highest BCUT2D eigenvalue weighted by Crippen LogP contribution is 2.35. The number of hydrogen-bond acceptors (Lipinski definition) is 5. The highest BCUT2D eigenvalue weighted by atomic mass is 32.2. The van der Waals surface area contributed by atoms with Gasteiger partial charge in [0.15, 0.2) is 0 Å². The second-order valence-electron chi connectivity index (χ2n) is 5.74. The molecular weight excluding hydrogens is 356 g/mol. The van der Waals surface area contributed by atoms with E-state index in [4.69, 9.17) is 9.47 Å². The first-order valence-electron chi connectivity index (χ1n) is 8.05. The van der Waals surface area contributed by atoms with Crippen molar-refractivity contribution >= 4 is 15.9 Å². The molecule has 0 bridgehead atoms. The molecule has 26 heavy (non-hydrogen) atoms. The molecule has 1 saturated heterocycles. The summed E-state index contributed by atoms with van der Waals surface area (Å²) in [6.07, 6.45) is 0. The number of piperazine rings is 1. The lowest BCUT2D eigenvalue weighted by Crippen LogP contribution is -2.52. The predicted molar refractivity (Wildman–Crippen MR) is 95.6 cm³/mol. The fourth-order valence-corrected chi connectivity index (χ4v) is 4.69. The maximum atomic E-state index is 13.3. The lowest BCUT2D eigenvalue weighted by molar-refractivity contribution is -0.126. The van der Waals surface area contributed by atoms with Gasteiger partial charge in [-0.05, 0) is 17.7 Å². The molecule has 1 aliphatic rings. The molecule has 1 atom stereocenters. The first-order valence-corrected chi connectivity index (χ1v) is 9.49. The predicted octanol–water partition coefficient (Wildman–Crippen LogP) is 1.57. The summed E-state index contributed by atoms with van der Waals surface area (Å²) in [5.74, 6) is 0.303. The smallest absolute Gasteiger partial charge is 0.247 e. The highest BCUT2D eigenvalue weighted by Gasteiger charge is 2.40. The molecule has 0 aliphatic carbocycles. The van der Waals surface area contributed by atoms with Gasteiger partial charge in [-0.1, -0.05) is 30.3 Å². The van der Waals surface area contributed by atoms with Crippen molar-refractivity contribution in [1.29, 1.82) is 0 Å². The van der Waals surface area contributed by atoms with Gasteiger partial charge in [-0.3, -0.25) is 4.79 Å². The minimum atomic E-state index is -3.97. The van der Waals surface area contributed by atoms with Gasteiger partial charge < -0.3 is 14.8 Å². The minimum Gasteiger partial charge on any atom is -0.497 e. The summed E-state index contributed by atoms with van der Waals surface area (Å²) < 4.78 is 38.2. The van der Waals surface area contributed by atoms with Crippen LogP contribution in [0.3, 0.4) is 0 Å². The number of carbonyl (C=O) groups excluding carboxylic acids is 1.